The van der Waals surface area contributed by atoms with E-state index in [0.717, 1.165) is 18.4 Å². The van der Waals surface area contributed by atoms with E-state index in [1.165, 1.54) is 0 Å². The molecule has 0 aliphatic carbocycles. The second-order valence-electron chi connectivity index (χ2n) is 4.52. The van der Waals surface area contributed by atoms with Crippen molar-refractivity contribution in [3.05, 3.63) is 35.9 Å². The zero-order chi connectivity index (χ0) is 13.0. The molecule has 2 unspecified atom stereocenters. The minimum atomic E-state index is -0.393. The zero-order valence-electron chi connectivity index (χ0n) is 10.4. The Kier molecular flexibility index (Phi) is 3.83. The van der Waals surface area contributed by atoms with E-state index in [2.05, 4.69) is 6.07 Å². The maximum absolute atomic E-state index is 12.0. The molecule has 1 heterocycles. The Morgan fingerprint density at radius 2 is 2.17 bits per heavy atom. The number of nitriles is 1. The maximum atomic E-state index is 12.0. The van der Waals surface area contributed by atoms with Gasteiger partial charge in [0.2, 0.25) is 0 Å². The Hall–Kier alpha value is -2.02. The molecule has 0 bridgehead atoms. The number of rotatable bonds is 2. The van der Waals surface area contributed by atoms with Gasteiger partial charge in [-0.1, -0.05) is 30.3 Å². The van der Waals surface area contributed by atoms with Gasteiger partial charge >= 0.3 is 6.09 Å². The van der Waals surface area contributed by atoms with Crippen LogP contribution in [0.2, 0.25) is 0 Å². The zero-order valence-corrected chi connectivity index (χ0v) is 10.4. The van der Waals surface area contributed by atoms with Gasteiger partial charge in [0, 0.05) is 6.04 Å². The van der Waals surface area contributed by atoms with Gasteiger partial charge in [-0.3, -0.25) is 4.90 Å². The Bertz CT molecular complexity index is 453. The lowest BCUT2D eigenvalue weighted by molar-refractivity contribution is 0.0876. The topological polar surface area (TPSA) is 53.3 Å². The van der Waals surface area contributed by atoms with Gasteiger partial charge in [0.15, 0.2) is 0 Å². The van der Waals surface area contributed by atoms with Crippen molar-refractivity contribution >= 4 is 6.09 Å². The van der Waals surface area contributed by atoms with Crippen molar-refractivity contribution in [3.63, 3.8) is 0 Å². The van der Waals surface area contributed by atoms with E-state index < -0.39 is 6.09 Å². The average Bonchev–Trinajstić information content (AvgIpc) is 2.78. The minimum absolute atomic E-state index is 0.0814. The van der Waals surface area contributed by atoms with Crippen LogP contribution in [-0.2, 0) is 11.3 Å². The molecule has 1 aliphatic rings. The predicted molar refractivity (Wildman–Crippen MR) is 66.6 cm³/mol. The van der Waals surface area contributed by atoms with E-state index in [1.54, 1.807) is 4.90 Å². The van der Waals surface area contributed by atoms with Crippen LogP contribution in [0.25, 0.3) is 0 Å². The van der Waals surface area contributed by atoms with E-state index in [-0.39, 0.29) is 18.7 Å². The Balaban J connectivity index is 1.94. The maximum Gasteiger partial charge on any atom is 0.411 e. The molecule has 18 heavy (non-hydrogen) atoms. The monoisotopic (exact) mass is 244 g/mol. The molecule has 4 nitrogen and oxygen atoms in total. The predicted octanol–water partition coefficient (Wildman–Crippen LogP) is 2.70. The molecule has 1 aliphatic heterocycles. The first-order chi connectivity index (χ1) is 8.72. The number of likely N-dealkylation sites (tertiary alicyclic amines) is 1. The van der Waals surface area contributed by atoms with Crippen LogP contribution < -0.4 is 0 Å². The molecule has 2 atom stereocenters. The van der Waals surface area contributed by atoms with Gasteiger partial charge in [-0.25, -0.2) is 4.79 Å². The van der Waals surface area contributed by atoms with Gasteiger partial charge in [-0.2, -0.15) is 5.26 Å². The molecule has 1 aromatic rings. The average molecular weight is 244 g/mol. The highest BCUT2D eigenvalue weighted by Gasteiger charge is 2.35. The molecule has 2 rings (SSSR count). The third-order valence-electron chi connectivity index (χ3n) is 3.23. The molecule has 0 spiro atoms. The van der Waals surface area contributed by atoms with Crippen molar-refractivity contribution in [1.29, 1.82) is 5.26 Å². The quantitative estimate of drug-likeness (QED) is 0.803. The lowest BCUT2D eigenvalue weighted by Crippen LogP contribution is -2.39. The van der Waals surface area contributed by atoms with Gasteiger partial charge < -0.3 is 4.74 Å². The summed E-state index contributed by atoms with van der Waals surface area (Å²) in [6.45, 7) is 2.20. The van der Waals surface area contributed by atoms with Crippen LogP contribution in [0.5, 0.6) is 0 Å². The highest BCUT2D eigenvalue weighted by molar-refractivity contribution is 5.69. The summed E-state index contributed by atoms with van der Waals surface area (Å²) in [6, 6.07) is 11.4. The third kappa shape index (κ3) is 2.62. The summed E-state index contributed by atoms with van der Waals surface area (Å²) in [7, 11) is 0. The summed E-state index contributed by atoms with van der Waals surface area (Å²) < 4.78 is 5.25. The number of hydrogen-bond acceptors (Lipinski definition) is 3. The number of carbonyl (C=O) groups excluding carboxylic acids is 1. The summed E-state index contributed by atoms with van der Waals surface area (Å²) >= 11 is 0. The number of ether oxygens (including phenoxy) is 1. The van der Waals surface area contributed by atoms with Gasteiger partial charge in [0.25, 0.3) is 0 Å². The van der Waals surface area contributed by atoms with Crippen molar-refractivity contribution in [1.82, 2.24) is 4.90 Å². The second kappa shape index (κ2) is 5.54. The molecule has 1 saturated heterocycles. The standard InChI is InChI=1S/C14H16N2O2/c1-11-7-8-13(9-15)16(11)14(17)18-10-12-5-3-2-4-6-12/h2-6,11,13H,7-8,10H2,1H3. The molecule has 1 amide bonds. The van der Waals surface area contributed by atoms with Crippen LogP contribution in [0, 0.1) is 11.3 Å². The van der Waals surface area contributed by atoms with Crippen molar-refractivity contribution in [2.24, 2.45) is 0 Å². The fourth-order valence-corrected chi connectivity index (χ4v) is 2.21. The highest BCUT2D eigenvalue weighted by Crippen LogP contribution is 2.24. The summed E-state index contributed by atoms with van der Waals surface area (Å²) in [5.74, 6) is 0. The summed E-state index contributed by atoms with van der Waals surface area (Å²) in [6.07, 6.45) is 1.20. The first kappa shape index (κ1) is 12.4. The van der Waals surface area contributed by atoms with E-state index in [9.17, 15) is 4.79 Å². The van der Waals surface area contributed by atoms with Gasteiger partial charge in [-0.15, -0.1) is 0 Å². The van der Waals surface area contributed by atoms with Crippen molar-refractivity contribution in [3.8, 4) is 6.07 Å². The van der Waals surface area contributed by atoms with E-state index in [1.807, 2.05) is 37.3 Å². The van der Waals surface area contributed by atoms with E-state index >= 15 is 0 Å². The Morgan fingerprint density at radius 3 is 2.83 bits per heavy atom. The van der Waals surface area contributed by atoms with Crippen molar-refractivity contribution < 1.29 is 9.53 Å². The van der Waals surface area contributed by atoms with Crippen LogP contribution in [0.3, 0.4) is 0 Å². The van der Waals surface area contributed by atoms with Crippen molar-refractivity contribution in [2.75, 3.05) is 0 Å². The number of nitrogens with zero attached hydrogens (tertiary/aromatic N) is 2. The molecule has 1 fully saturated rings. The van der Waals surface area contributed by atoms with Crippen LogP contribution in [0.1, 0.15) is 25.3 Å². The molecule has 0 N–H and O–H groups in total. The largest absolute Gasteiger partial charge is 0.445 e. The normalized spacial score (nSPS) is 22.6. The van der Waals surface area contributed by atoms with Gasteiger partial charge in [0.05, 0.1) is 6.07 Å². The highest BCUT2D eigenvalue weighted by atomic mass is 16.6. The SMILES string of the molecule is CC1CCC(C#N)N1C(=O)OCc1ccccc1. The number of amides is 1. The molecule has 0 radical (unpaired) electrons. The first-order valence-corrected chi connectivity index (χ1v) is 6.11. The second-order valence-corrected chi connectivity index (χ2v) is 4.52. The van der Waals surface area contributed by atoms with Gasteiger partial charge in [-0.05, 0) is 25.3 Å². The van der Waals surface area contributed by atoms with Crippen LogP contribution in [0.4, 0.5) is 4.79 Å². The lowest BCUT2D eigenvalue weighted by atomic mass is 10.2. The smallest absolute Gasteiger partial charge is 0.411 e. The number of hydrogen-bond donors (Lipinski definition) is 0. The van der Waals surface area contributed by atoms with Crippen molar-refractivity contribution in [2.45, 2.75) is 38.5 Å². The number of benzene rings is 1. The van der Waals surface area contributed by atoms with Gasteiger partial charge in [0.1, 0.15) is 12.6 Å². The Morgan fingerprint density at radius 1 is 1.44 bits per heavy atom. The molecule has 0 aromatic heterocycles. The molecular weight excluding hydrogens is 228 g/mol. The molecular formula is C14H16N2O2. The molecule has 0 saturated carbocycles. The third-order valence-corrected chi connectivity index (χ3v) is 3.23. The first-order valence-electron chi connectivity index (χ1n) is 6.11. The van der Waals surface area contributed by atoms with Crippen LogP contribution in [-0.4, -0.2) is 23.1 Å². The minimum Gasteiger partial charge on any atom is -0.445 e. The van der Waals surface area contributed by atoms with E-state index in [4.69, 9.17) is 10.00 Å². The summed E-state index contributed by atoms with van der Waals surface area (Å²) in [5, 5.41) is 8.99. The Labute approximate surface area is 107 Å². The van der Waals surface area contributed by atoms with Crippen LogP contribution in [0.15, 0.2) is 30.3 Å². The molecule has 94 valence electrons. The summed E-state index contributed by atoms with van der Waals surface area (Å²) in [4.78, 5) is 13.5. The number of carbonyl (C=O) groups is 1. The fraction of sp³-hybridized carbons (Fsp3) is 0.429. The molecule has 4 heteroatoms. The van der Waals surface area contributed by atoms with Crippen LogP contribution >= 0.6 is 0 Å². The molecule has 1 aromatic carbocycles. The lowest BCUT2D eigenvalue weighted by Gasteiger charge is -2.23. The fourth-order valence-electron chi connectivity index (χ4n) is 2.21. The van der Waals surface area contributed by atoms with E-state index in [0.29, 0.717) is 0 Å². The summed E-state index contributed by atoms with van der Waals surface area (Å²) in [5.41, 5.74) is 0.950.